The average Bonchev–Trinajstić information content (AvgIpc) is 2.72. The first-order valence-corrected chi connectivity index (χ1v) is 12.0. The topological polar surface area (TPSA) is 173 Å². The second-order valence-electron chi connectivity index (χ2n) is 7.46. The molecule has 0 aromatic heterocycles. The summed E-state index contributed by atoms with van der Waals surface area (Å²) in [5, 5.41) is 3.07. The first-order valence-electron chi connectivity index (χ1n) is 10.0. The molecule has 2 aromatic rings. The molecule has 0 atom stereocenters. The maximum atomic E-state index is 12.0. The maximum absolute atomic E-state index is 12.0. The van der Waals surface area contributed by atoms with E-state index < -0.39 is 15.8 Å². The Balaban J connectivity index is 0.000000604. The fourth-order valence-electron chi connectivity index (χ4n) is 2.86. The highest BCUT2D eigenvalue weighted by Gasteiger charge is 2.33. The number of nitrogens with two attached hydrogens (primary N) is 2. The first kappa shape index (κ1) is 26.9. The molecular weight excluding hydrogens is 484 g/mol. The van der Waals surface area contributed by atoms with Crippen LogP contribution < -0.4 is 26.4 Å². The number of ether oxygens (including phenoxy) is 1. The van der Waals surface area contributed by atoms with Gasteiger partial charge in [-0.05, 0) is 51.1 Å². The number of benzene rings is 2. The quantitative estimate of drug-likeness (QED) is 0.429. The molecule has 1 heterocycles. The summed E-state index contributed by atoms with van der Waals surface area (Å²) in [6, 6.07) is 14.2. The zero-order valence-corrected chi connectivity index (χ0v) is 20.5. The Labute approximate surface area is 203 Å². The van der Waals surface area contributed by atoms with Crippen molar-refractivity contribution in [2.45, 2.75) is 26.4 Å². The molecule has 1 aliphatic rings. The summed E-state index contributed by atoms with van der Waals surface area (Å²) in [5.41, 5.74) is 12.4. The summed E-state index contributed by atoms with van der Waals surface area (Å²) in [5.74, 6) is 0.220. The van der Waals surface area contributed by atoms with Gasteiger partial charge in [-0.25, -0.2) is 4.99 Å². The molecule has 11 nitrogen and oxygen atoms in total. The van der Waals surface area contributed by atoms with Crippen LogP contribution in [0, 0.1) is 0 Å². The number of carbonyl (C=O) groups is 1. The minimum Gasteiger partial charge on any atom is -0.482 e. The van der Waals surface area contributed by atoms with Crippen molar-refractivity contribution in [1.82, 2.24) is 0 Å². The molecule has 6 N–H and O–H groups in total. The number of aliphatic imine (C=N–C) groups is 2. The third kappa shape index (κ3) is 7.90. The van der Waals surface area contributed by atoms with Gasteiger partial charge in [-0.15, -0.1) is 0 Å². The van der Waals surface area contributed by atoms with E-state index in [4.69, 9.17) is 32.4 Å². The minimum atomic E-state index is -3.66. The fraction of sp³-hybridized carbons (Fsp3) is 0.286. The Hall–Kier alpha value is -3.35. The third-order valence-electron chi connectivity index (χ3n) is 4.35. The van der Waals surface area contributed by atoms with E-state index in [0.29, 0.717) is 22.1 Å². The second kappa shape index (κ2) is 11.2. The average molecular weight is 511 g/mol. The van der Waals surface area contributed by atoms with E-state index >= 15 is 0 Å². The zero-order chi connectivity index (χ0) is 25.5. The van der Waals surface area contributed by atoms with Gasteiger partial charge >= 0.3 is 0 Å². The lowest BCUT2D eigenvalue weighted by molar-refractivity contribution is -0.118. The van der Waals surface area contributed by atoms with Gasteiger partial charge in [0.1, 0.15) is 11.4 Å². The highest BCUT2D eigenvalue weighted by molar-refractivity contribution is 7.85. The monoisotopic (exact) mass is 510 g/mol. The molecule has 0 radical (unpaired) electrons. The van der Waals surface area contributed by atoms with Crippen molar-refractivity contribution >= 4 is 50.9 Å². The summed E-state index contributed by atoms with van der Waals surface area (Å²) in [4.78, 5) is 22.0. The third-order valence-corrected chi connectivity index (χ3v) is 5.37. The van der Waals surface area contributed by atoms with Gasteiger partial charge in [0, 0.05) is 11.4 Å². The summed E-state index contributed by atoms with van der Waals surface area (Å²) in [6.07, 6.45) is 0. The smallest absolute Gasteiger partial charge is 0.264 e. The molecule has 34 heavy (non-hydrogen) atoms. The van der Waals surface area contributed by atoms with Gasteiger partial charge in [0.15, 0.2) is 6.61 Å². The molecule has 0 bridgehead atoms. The summed E-state index contributed by atoms with van der Waals surface area (Å²) in [7, 11) is -3.66. The number of guanidine groups is 2. The Morgan fingerprint density at radius 1 is 1.21 bits per heavy atom. The van der Waals surface area contributed by atoms with Crippen LogP contribution in [0.2, 0.25) is 5.02 Å². The predicted molar refractivity (Wildman–Crippen MR) is 134 cm³/mol. The Morgan fingerprint density at radius 3 is 2.35 bits per heavy atom. The van der Waals surface area contributed by atoms with E-state index in [0.717, 1.165) is 0 Å². The van der Waals surface area contributed by atoms with Crippen molar-refractivity contribution < 1.29 is 22.5 Å². The molecule has 1 amide bonds. The van der Waals surface area contributed by atoms with E-state index in [1.807, 2.05) is 32.0 Å². The van der Waals surface area contributed by atoms with E-state index in [1.165, 1.54) is 6.92 Å². The molecule has 3 rings (SSSR count). The van der Waals surface area contributed by atoms with Crippen LogP contribution in [-0.2, 0) is 14.9 Å². The lowest BCUT2D eigenvalue weighted by Gasteiger charge is -2.38. The number of nitrogens with one attached hydrogen (secondary N) is 1. The number of amides is 1. The molecule has 0 unspecified atom stereocenters. The lowest BCUT2D eigenvalue weighted by atomic mass is 10.1. The van der Waals surface area contributed by atoms with Crippen LogP contribution in [0.4, 0.5) is 11.4 Å². The van der Waals surface area contributed by atoms with Crippen molar-refractivity contribution in [1.29, 1.82) is 0 Å². The highest BCUT2D eigenvalue weighted by atomic mass is 35.5. The first-order chi connectivity index (χ1) is 15.8. The van der Waals surface area contributed by atoms with E-state index in [2.05, 4.69) is 15.3 Å². The zero-order valence-electron chi connectivity index (χ0n) is 18.9. The Morgan fingerprint density at radius 2 is 1.82 bits per heavy atom. The van der Waals surface area contributed by atoms with E-state index in [1.54, 1.807) is 35.2 Å². The van der Waals surface area contributed by atoms with Gasteiger partial charge in [-0.2, -0.15) is 13.4 Å². The lowest BCUT2D eigenvalue weighted by Crippen LogP contribution is -2.54. The van der Waals surface area contributed by atoms with Crippen LogP contribution in [-0.4, -0.2) is 48.8 Å². The highest BCUT2D eigenvalue weighted by Crippen LogP contribution is 2.33. The number of anilines is 2. The summed E-state index contributed by atoms with van der Waals surface area (Å²) in [6.45, 7) is 4.91. The number of nitrogens with zero attached hydrogens (tertiary/aromatic N) is 3. The van der Waals surface area contributed by atoms with E-state index in [9.17, 15) is 13.2 Å². The predicted octanol–water partition coefficient (Wildman–Crippen LogP) is 2.44. The molecule has 0 fully saturated rings. The van der Waals surface area contributed by atoms with Crippen LogP contribution >= 0.6 is 11.6 Å². The van der Waals surface area contributed by atoms with Crippen molar-refractivity contribution in [3.63, 3.8) is 0 Å². The van der Waals surface area contributed by atoms with Crippen molar-refractivity contribution in [3.05, 3.63) is 53.6 Å². The minimum absolute atomic E-state index is 0.120. The van der Waals surface area contributed by atoms with Gasteiger partial charge in [-0.3, -0.25) is 14.2 Å². The number of hydrogen-bond acceptors (Lipinski definition) is 9. The van der Waals surface area contributed by atoms with Gasteiger partial charge < -0.3 is 21.5 Å². The molecule has 0 saturated heterocycles. The Kier molecular flexibility index (Phi) is 8.85. The standard InChI is InChI=1S/C19H21ClN6O2.C2H6O3S/c1-19(2)25-17(21)24-18(22)26(19)13-8-9-15(14(20)10-13)28-11-16(27)23-12-6-4-3-5-7-12;1-2-6(3,4)5/h3-10H,11H2,1-2H3,(H,23,27)(H4,21,22,24,25);2H2,1H3,(H,3,4,5). The molecule has 2 aromatic carbocycles. The van der Waals surface area contributed by atoms with Gasteiger partial charge in [-0.1, -0.05) is 29.8 Å². The van der Waals surface area contributed by atoms with Crippen molar-refractivity contribution in [3.8, 4) is 5.75 Å². The Bertz CT molecular complexity index is 1190. The van der Waals surface area contributed by atoms with Crippen LogP contribution in [0.5, 0.6) is 5.75 Å². The van der Waals surface area contributed by atoms with Gasteiger partial charge in [0.05, 0.1) is 10.8 Å². The van der Waals surface area contributed by atoms with Crippen LogP contribution in [0.3, 0.4) is 0 Å². The van der Waals surface area contributed by atoms with Crippen LogP contribution in [0.1, 0.15) is 20.8 Å². The number of hydrogen-bond donors (Lipinski definition) is 4. The fourth-order valence-corrected chi connectivity index (χ4v) is 3.09. The van der Waals surface area contributed by atoms with Crippen molar-refractivity contribution in [2.24, 2.45) is 21.5 Å². The number of para-hydroxylation sites is 1. The van der Waals surface area contributed by atoms with Gasteiger partial charge in [0.2, 0.25) is 11.9 Å². The summed E-state index contributed by atoms with van der Waals surface area (Å²) >= 11 is 6.34. The number of carbonyl (C=O) groups excluding carboxylic acids is 1. The maximum Gasteiger partial charge on any atom is 0.264 e. The summed E-state index contributed by atoms with van der Waals surface area (Å²) < 4.78 is 32.4. The molecule has 0 aliphatic carbocycles. The molecule has 0 saturated carbocycles. The van der Waals surface area contributed by atoms with E-state index in [-0.39, 0.29) is 30.2 Å². The number of rotatable bonds is 6. The van der Waals surface area contributed by atoms with Crippen LogP contribution in [0.25, 0.3) is 0 Å². The van der Waals surface area contributed by atoms with Crippen molar-refractivity contribution in [2.75, 3.05) is 22.6 Å². The normalized spacial score (nSPS) is 14.8. The second-order valence-corrected chi connectivity index (χ2v) is 9.61. The molecular formula is C21H27ClN6O5S. The molecule has 1 aliphatic heterocycles. The number of halogens is 1. The SMILES string of the molecule is CC1(C)N=C(N)N=C(N)N1c1ccc(OCC(=O)Nc2ccccc2)c(Cl)c1.CCS(=O)(=O)O. The molecule has 0 spiro atoms. The largest absolute Gasteiger partial charge is 0.482 e. The molecule has 184 valence electrons. The van der Waals surface area contributed by atoms with Gasteiger partial charge in [0.25, 0.3) is 16.0 Å². The van der Waals surface area contributed by atoms with Crippen LogP contribution in [0.15, 0.2) is 58.5 Å². The molecule has 13 heteroatoms.